The van der Waals surface area contributed by atoms with Crippen molar-refractivity contribution < 1.29 is 29.7 Å². The summed E-state index contributed by atoms with van der Waals surface area (Å²) in [5.41, 5.74) is 1.69. The van der Waals surface area contributed by atoms with Crippen LogP contribution in [-0.4, -0.2) is 20.2 Å². The van der Waals surface area contributed by atoms with E-state index in [1.807, 2.05) is 84.9 Å². The zero-order chi connectivity index (χ0) is 30.2. The Balaban J connectivity index is 0.000000155. The number of nitriles is 2. The molecule has 0 aliphatic carbocycles. The normalized spacial score (nSPS) is 12.1. The van der Waals surface area contributed by atoms with Gasteiger partial charge in [-0.2, -0.15) is 10.5 Å². The molecule has 2 aliphatic heterocycles. The van der Waals surface area contributed by atoms with Gasteiger partial charge in [0.15, 0.2) is 23.4 Å². The van der Waals surface area contributed by atoms with Gasteiger partial charge in [-0.05, 0) is 36.4 Å². The molecule has 2 aromatic heterocycles. The van der Waals surface area contributed by atoms with E-state index in [1.165, 1.54) is 0 Å². The van der Waals surface area contributed by atoms with Crippen LogP contribution in [0.4, 0.5) is 0 Å². The van der Waals surface area contributed by atoms with Crippen LogP contribution in [0.1, 0.15) is 11.4 Å². The Hall–Kier alpha value is -6.16. The van der Waals surface area contributed by atoms with Crippen LogP contribution in [0.3, 0.4) is 0 Å². The van der Waals surface area contributed by atoms with Crippen molar-refractivity contribution in [2.45, 2.75) is 0 Å². The molecular weight excluding hydrogens is 618 g/mol. The zero-order valence-electron chi connectivity index (χ0n) is 23.5. The minimum absolute atomic E-state index is 0. The standard InChI is InChI=1S/2C17H10N4O.Zn/c2*18-9-12(16-19-13-7-3-4-8-14(13)20-16)15-10-5-1-2-6-11(10)17(22)21-15;/h2*1-8,21-22H;. The fourth-order valence-corrected chi connectivity index (χ4v) is 5.19. The molecule has 8 rings (SSSR count). The van der Waals surface area contributed by atoms with Gasteiger partial charge in [0.25, 0.3) is 0 Å². The summed E-state index contributed by atoms with van der Waals surface area (Å²) in [5, 5.41) is 45.0. The van der Waals surface area contributed by atoms with Gasteiger partial charge in [0.1, 0.15) is 23.3 Å². The summed E-state index contributed by atoms with van der Waals surface area (Å²) in [6, 6.07) is 33.9. The summed E-state index contributed by atoms with van der Waals surface area (Å²) in [7, 11) is 0. The molecule has 210 valence electrons. The predicted molar refractivity (Wildman–Crippen MR) is 163 cm³/mol. The maximum absolute atomic E-state index is 10.0. The van der Waals surface area contributed by atoms with Crippen LogP contribution in [0.15, 0.2) is 129 Å². The topological polar surface area (TPSA) is 169 Å². The summed E-state index contributed by atoms with van der Waals surface area (Å²) in [5.74, 6) is 0.787. The molecule has 10 nitrogen and oxygen atoms in total. The first-order valence-electron chi connectivity index (χ1n) is 13.5. The number of nitrogens with zero attached hydrogens (tertiary/aromatic N) is 6. The molecule has 4 N–H and O–H groups in total. The number of hydrogen-bond donors (Lipinski definition) is 4. The minimum Gasteiger partial charge on any atom is -0.494 e. The number of allylic oxidation sites excluding steroid dienone is 2. The Morgan fingerprint density at radius 1 is 0.489 bits per heavy atom. The zero-order valence-corrected chi connectivity index (χ0v) is 26.5. The fourth-order valence-electron chi connectivity index (χ4n) is 5.19. The molecular formula is C34H20N8O2Zn. The summed E-state index contributed by atoms with van der Waals surface area (Å²) in [6.45, 7) is 0. The molecule has 0 radical (unpaired) electrons. The van der Waals surface area contributed by atoms with E-state index in [0.717, 1.165) is 32.2 Å². The Bertz CT molecular complexity index is 2310. The first-order valence-corrected chi connectivity index (χ1v) is 13.5. The van der Waals surface area contributed by atoms with Crippen molar-refractivity contribution in [2.75, 3.05) is 0 Å². The Labute approximate surface area is 267 Å². The molecule has 11 heteroatoms. The van der Waals surface area contributed by atoms with Crippen LogP contribution >= 0.6 is 0 Å². The molecule has 4 aromatic carbocycles. The first-order chi connectivity index (χ1) is 21.6. The summed E-state index contributed by atoms with van der Waals surface area (Å²) >= 11 is 0. The van der Waals surface area contributed by atoms with Crippen molar-refractivity contribution in [3.05, 3.63) is 142 Å². The molecule has 0 bridgehead atoms. The van der Waals surface area contributed by atoms with Crippen LogP contribution < -0.4 is 21.4 Å². The number of fused-ring (bicyclic) bond motifs is 4. The molecule has 0 atom stereocenters. The number of aromatic nitrogens is 2. The maximum atomic E-state index is 10.0. The third kappa shape index (κ3) is 5.08. The SMILES string of the molecule is N#CC(=C1N=c2ccccc2=N1)c1[nH]c(O)c2ccccc12.N#CC(=C1N=c2ccccc2=N1)c1[nH]c(O)c2ccccc12.[Zn]. The fraction of sp³-hybridized carbons (Fsp3) is 0. The summed E-state index contributed by atoms with van der Waals surface area (Å²) < 4.78 is 0. The number of H-pyrrole nitrogens is 2. The number of benzene rings is 4. The average molecular weight is 638 g/mol. The van der Waals surface area contributed by atoms with Crippen LogP contribution in [-0.2, 0) is 19.5 Å². The molecule has 45 heavy (non-hydrogen) atoms. The number of nitrogens with one attached hydrogen (secondary N) is 2. The molecule has 0 saturated carbocycles. The predicted octanol–water partition coefficient (Wildman–Crippen LogP) is 4.03. The van der Waals surface area contributed by atoms with Gasteiger partial charge in [-0.25, -0.2) is 20.0 Å². The van der Waals surface area contributed by atoms with Crippen molar-refractivity contribution >= 4 is 32.7 Å². The summed E-state index contributed by atoms with van der Waals surface area (Å²) in [4.78, 5) is 23.3. The second kappa shape index (κ2) is 11.8. The molecule has 0 saturated heterocycles. The second-order valence-electron chi connectivity index (χ2n) is 9.83. The minimum atomic E-state index is 0. The van der Waals surface area contributed by atoms with Crippen LogP contribution in [0.25, 0.3) is 32.7 Å². The maximum Gasteiger partial charge on any atom is 0.196 e. The van der Waals surface area contributed by atoms with Crippen LogP contribution in [0.5, 0.6) is 11.8 Å². The molecule has 4 heterocycles. The van der Waals surface area contributed by atoms with Gasteiger partial charge in [-0.3, -0.25) is 0 Å². The van der Waals surface area contributed by atoms with Gasteiger partial charge >= 0.3 is 0 Å². The molecule has 0 spiro atoms. The molecule has 0 unspecified atom stereocenters. The van der Waals surface area contributed by atoms with E-state index in [0.29, 0.717) is 44.9 Å². The van der Waals surface area contributed by atoms with E-state index in [-0.39, 0.29) is 31.2 Å². The third-order valence-electron chi connectivity index (χ3n) is 7.23. The molecule has 0 amide bonds. The summed E-state index contributed by atoms with van der Waals surface area (Å²) in [6.07, 6.45) is 0. The van der Waals surface area contributed by atoms with Gasteiger partial charge in [0.2, 0.25) is 0 Å². The number of hydrogen-bond acceptors (Lipinski definition) is 8. The third-order valence-corrected chi connectivity index (χ3v) is 7.23. The van der Waals surface area contributed by atoms with E-state index in [4.69, 9.17) is 0 Å². The number of aromatic hydroxyl groups is 2. The first kappa shape index (κ1) is 28.9. The largest absolute Gasteiger partial charge is 0.494 e. The van der Waals surface area contributed by atoms with Crippen molar-refractivity contribution in [2.24, 2.45) is 20.0 Å². The van der Waals surface area contributed by atoms with E-state index in [2.05, 4.69) is 42.1 Å². The van der Waals surface area contributed by atoms with Gasteiger partial charge in [-0.1, -0.05) is 60.7 Å². The van der Waals surface area contributed by atoms with Crippen molar-refractivity contribution in [1.29, 1.82) is 10.5 Å². The number of aromatic amines is 2. The van der Waals surface area contributed by atoms with Gasteiger partial charge in [0.05, 0.1) is 32.8 Å². The monoisotopic (exact) mass is 636 g/mol. The quantitative estimate of drug-likeness (QED) is 0.166. The van der Waals surface area contributed by atoms with Gasteiger partial charge < -0.3 is 20.2 Å². The second-order valence-corrected chi connectivity index (χ2v) is 9.83. The van der Waals surface area contributed by atoms with Gasteiger partial charge in [0, 0.05) is 41.0 Å². The van der Waals surface area contributed by atoms with Crippen LogP contribution in [0, 0.1) is 22.7 Å². The molecule has 6 aromatic rings. The van der Waals surface area contributed by atoms with Crippen LogP contribution in [0.2, 0.25) is 0 Å². The van der Waals surface area contributed by atoms with Crippen molar-refractivity contribution in [3.63, 3.8) is 0 Å². The number of para-hydroxylation sites is 4. The smallest absolute Gasteiger partial charge is 0.196 e. The Kier molecular flexibility index (Phi) is 7.62. The Morgan fingerprint density at radius 3 is 1.09 bits per heavy atom. The van der Waals surface area contributed by atoms with E-state index < -0.39 is 0 Å². The van der Waals surface area contributed by atoms with E-state index in [9.17, 15) is 20.7 Å². The van der Waals surface area contributed by atoms with E-state index >= 15 is 0 Å². The van der Waals surface area contributed by atoms with Crippen molar-refractivity contribution in [1.82, 2.24) is 9.97 Å². The molecule has 2 aliphatic rings. The Morgan fingerprint density at radius 2 is 0.778 bits per heavy atom. The van der Waals surface area contributed by atoms with Crippen molar-refractivity contribution in [3.8, 4) is 23.9 Å². The number of rotatable bonds is 2. The average Bonchev–Trinajstić information content (AvgIpc) is 3.83. The van der Waals surface area contributed by atoms with Gasteiger partial charge in [-0.15, -0.1) is 0 Å². The van der Waals surface area contributed by atoms with E-state index in [1.54, 1.807) is 12.1 Å². The molecule has 0 fully saturated rings.